The van der Waals surface area contributed by atoms with Gasteiger partial charge in [0.1, 0.15) is 5.60 Å². The Kier molecular flexibility index (Phi) is 4.30. The normalized spacial score (nSPS) is 22.9. The van der Waals surface area contributed by atoms with Gasteiger partial charge in [-0.3, -0.25) is 15.0 Å². The molecule has 0 N–H and O–H groups in total. The lowest BCUT2D eigenvalue weighted by molar-refractivity contribution is -0.387. The molecule has 136 valence electrons. The highest BCUT2D eigenvalue weighted by Crippen LogP contribution is 2.34. The first-order chi connectivity index (χ1) is 11.7. The van der Waals surface area contributed by atoms with E-state index >= 15 is 0 Å². The average molecular weight is 351 g/mol. The van der Waals surface area contributed by atoms with Crippen LogP contribution >= 0.6 is 0 Å². The molecular weight excluding hydrogens is 329 g/mol. The first-order valence-corrected chi connectivity index (χ1v) is 8.36. The molecule has 2 atom stereocenters. The maximum Gasteiger partial charge on any atom is 0.410 e. The van der Waals surface area contributed by atoms with Crippen LogP contribution < -0.4 is 4.90 Å². The second kappa shape index (κ2) is 6.16. The van der Waals surface area contributed by atoms with Crippen LogP contribution in [0.4, 0.5) is 20.6 Å². The van der Waals surface area contributed by atoms with Gasteiger partial charge in [-0.15, -0.1) is 0 Å². The monoisotopic (exact) mass is 351 g/mol. The van der Waals surface area contributed by atoms with Gasteiger partial charge >= 0.3 is 11.8 Å². The summed E-state index contributed by atoms with van der Waals surface area (Å²) in [6, 6.07) is 3.95. The molecule has 2 fully saturated rings. The van der Waals surface area contributed by atoms with Crippen molar-refractivity contribution < 1.29 is 18.8 Å². The predicted octanol–water partition coefficient (Wildman–Crippen LogP) is 3.32. The zero-order valence-corrected chi connectivity index (χ0v) is 14.6. The summed E-state index contributed by atoms with van der Waals surface area (Å²) in [7, 11) is 0. The van der Waals surface area contributed by atoms with Gasteiger partial charge in [0.25, 0.3) is 0 Å². The van der Waals surface area contributed by atoms with Crippen molar-refractivity contribution in [2.75, 3.05) is 18.0 Å². The van der Waals surface area contributed by atoms with Gasteiger partial charge in [0.15, 0.2) is 0 Å². The Morgan fingerprint density at radius 1 is 1.28 bits per heavy atom. The van der Waals surface area contributed by atoms with Crippen molar-refractivity contribution in [2.24, 2.45) is 0 Å². The summed E-state index contributed by atoms with van der Waals surface area (Å²) in [6.45, 7) is 6.63. The number of halogens is 1. The van der Waals surface area contributed by atoms with Gasteiger partial charge in [-0.2, -0.15) is 4.39 Å². The van der Waals surface area contributed by atoms with E-state index in [4.69, 9.17) is 4.74 Å². The predicted molar refractivity (Wildman–Crippen MR) is 90.2 cm³/mol. The fraction of sp³-hybridized carbons (Fsp3) is 0.588. The molecule has 0 saturated carbocycles. The molecule has 8 heteroatoms. The number of anilines is 1. The van der Waals surface area contributed by atoms with Crippen LogP contribution in [-0.4, -0.2) is 46.7 Å². The average Bonchev–Trinajstić information content (AvgIpc) is 2.75. The second-order valence-corrected chi connectivity index (χ2v) is 7.57. The quantitative estimate of drug-likeness (QED) is 0.603. The van der Waals surface area contributed by atoms with E-state index in [9.17, 15) is 19.3 Å². The molecule has 2 heterocycles. The largest absolute Gasteiger partial charge is 0.444 e. The van der Waals surface area contributed by atoms with Gasteiger partial charge < -0.3 is 9.64 Å². The van der Waals surface area contributed by atoms with Crippen molar-refractivity contribution in [3.8, 4) is 0 Å². The molecule has 2 bridgehead atoms. The Hall–Kier alpha value is -2.38. The van der Waals surface area contributed by atoms with Crippen LogP contribution in [0.3, 0.4) is 0 Å². The molecule has 2 aliphatic heterocycles. The summed E-state index contributed by atoms with van der Waals surface area (Å²) in [5.41, 5.74) is -0.474. The highest BCUT2D eigenvalue weighted by atomic mass is 19.1. The number of piperazine rings is 1. The van der Waals surface area contributed by atoms with Crippen LogP contribution in [0.2, 0.25) is 0 Å². The summed E-state index contributed by atoms with van der Waals surface area (Å²) in [5, 5.41) is 10.7. The Labute approximate surface area is 145 Å². The van der Waals surface area contributed by atoms with Crippen LogP contribution in [0.1, 0.15) is 33.6 Å². The number of rotatable bonds is 2. The minimum Gasteiger partial charge on any atom is -0.444 e. The van der Waals surface area contributed by atoms with Gasteiger partial charge in [0, 0.05) is 30.9 Å². The molecule has 0 spiro atoms. The lowest BCUT2D eigenvalue weighted by Gasteiger charge is -2.42. The second-order valence-electron chi connectivity index (χ2n) is 7.57. The van der Waals surface area contributed by atoms with Crippen molar-refractivity contribution in [1.29, 1.82) is 0 Å². The minimum absolute atomic E-state index is 0.00635. The molecule has 25 heavy (non-hydrogen) atoms. The van der Waals surface area contributed by atoms with Crippen molar-refractivity contribution in [3.63, 3.8) is 0 Å². The molecule has 1 amide bonds. The molecular formula is C17H22FN3O4. The van der Waals surface area contributed by atoms with E-state index in [1.165, 1.54) is 12.1 Å². The van der Waals surface area contributed by atoms with Crippen LogP contribution in [-0.2, 0) is 4.74 Å². The van der Waals surface area contributed by atoms with E-state index in [2.05, 4.69) is 0 Å². The number of amides is 1. The number of nitrogens with zero attached hydrogens (tertiary/aromatic N) is 3. The smallest absolute Gasteiger partial charge is 0.410 e. The van der Waals surface area contributed by atoms with Gasteiger partial charge in [0.05, 0.1) is 17.0 Å². The Bertz CT molecular complexity index is 690. The molecule has 0 aromatic heterocycles. The lowest BCUT2D eigenvalue weighted by Crippen LogP contribution is -2.56. The minimum atomic E-state index is -0.843. The number of nitro benzene ring substituents is 1. The zero-order valence-electron chi connectivity index (χ0n) is 14.6. The van der Waals surface area contributed by atoms with E-state index < -0.39 is 22.0 Å². The maximum atomic E-state index is 13.9. The third kappa shape index (κ3) is 3.52. The number of ether oxygens (including phenoxy) is 1. The van der Waals surface area contributed by atoms with Gasteiger partial charge in [-0.1, -0.05) is 0 Å². The molecule has 3 rings (SSSR count). The molecule has 1 aromatic carbocycles. The SMILES string of the molecule is CC(C)(C)OC(=O)N1[C@@H]2CC[C@H]1CN(c1ccc([N+](=O)[O-])c(F)c1)C2. The number of benzene rings is 1. The van der Waals surface area contributed by atoms with E-state index in [1.807, 2.05) is 25.7 Å². The van der Waals surface area contributed by atoms with Gasteiger partial charge in [-0.25, -0.2) is 4.79 Å². The summed E-state index contributed by atoms with van der Waals surface area (Å²) in [6.07, 6.45) is 1.43. The van der Waals surface area contributed by atoms with Crippen LogP contribution in [0, 0.1) is 15.9 Å². The molecule has 7 nitrogen and oxygen atoms in total. The third-order valence-corrected chi connectivity index (χ3v) is 4.58. The molecule has 0 aliphatic carbocycles. The summed E-state index contributed by atoms with van der Waals surface area (Å²) in [4.78, 5) is 26.2. The molecule has 0 unspecified atom stereocenters. The summed E-state index contributed by atoms with van der Waals surface area (Å²) < 4.78 is 19.4. The van der Waals surface area contributed by atoms with E-state index in [0.29, 0.717) is 18.8 Å². The fourth-order valence-corrected chi connectivity index (χ4v) is 3.57. The molecule has 0 radical (unpaired) electrons. The Morgan fingerprint density at radius 3 is 2.36 bits per heavy atom. The number of fused-ring (bicyclic) bond motifs is 2. The van der Waals surface area contributed by atoms with Crippen LogP contribution in [0.5, 0.6) is 0 Å². The van der Waals surface area contributed by atoms with E-state index in [-0.39, 0.29) is 18.2 Å². The number of hydrogen-bond acceptors (Lipinski definition) is 5. The fourth-order valence-electron chi connectivity index (χ4n) is 3.57. The van der Waals surface area contributed by atoms with E-state index in [1.54, 1.807) is 11.0 Å². The number of carbonyl (C=O) groups is 1. The zero-order chi connectivity index (χ0) is 18.4. The molecule has 1 aromatic rings. The number of hydrogen-bond donors (Lipinski definition) is 0. The Balaban J connectivity index is 1.75. The van der Waals surface area contributed by atoms with Crippen molar-refractivity contribution in [2.45, 2.75) is 51.3 Å². The Morgan fingerprint density at radius 2 is 1.88 bits per heavy atom. The van der Waals surface area contributed by atoms with Gasteiger partial charge in [-0.05, 0) is 39.7 Å². The van der Waals surface area contributed by atoms with Crippen molar-refractivity contribution in [3.05, 3.63) is 34.1 Å². The number of nitro groups is 1. The summed E-state index contributed by atoms with van der Waals surface area (Å²) >= 11 is 0. The maximum absolute atomic E-state index is 13.9. The standard InChI is InChI=1S/C17H22FN3O4/c1-17(2,3)25-16(22)20-12-4-5-13(20)10-19(9-12)11-6-7-15(21(23)24)14(18)8-11/h6-8,12-13H,4-5,9-10H2,1-3H3/t12-,13+. The molecule has 2 aliphatic rings. The number of carbonyl (C=O) groups excluding carboxylic acids is 1. The third-order valence-electron chi connectivity index (χ3n) is 4.58. The molecule has 2 saturated heterocycles. The summed E-state index contributed by atoms with van der Waals surface area (Å²) in [5.74, 6) is -0.843. The highest BCUT2D eigenvalue weighted by Gasteiger charge is 2.44. The van der Waals surface area contributed by atoms with Crippen molar-refractivity contribution in [1.82, 2.24) is 4.90 Å². The van der Waals surface area contributed by atoms with Crippen molar-refractivity contribution >= 4 is 17.5 Å². The highest BCUT2D eigenvalue weighted by molar-refractivity contribution is 5.70. The first-order valence-electron chi connectivity index (χ1n) is 8.36. The first kappa shape index (κ1) is 17.4. The lowest BCUT2D eigenvalue weighted by atomic mass is 10.1. The van der Waals surface area contributed by atoms with E-state index in [0.717, 1.165) is 12.8 Å². The topological polar surface area (TPSA) is 75.9 Å². The van der Waals surface area contributed by atoms with Crippen LogP contribution in [0.15, 0.2) is 18.2 Å². The van der Waals surface area contributed by atoms with Gasteiger partial charge in [0.2, 0.25) is 5.82 Å². The van der Waals surface area contributed by atoms with Crippen LogP contribution in [0.25, 0.3) is 0 Å².